The third-order valence-electron chi connectivity index (χ3n) is 7.11. The summed E-state index contributed by atoms with van der Waals surface area (Å²) in [6.07, 6.45) is 1.74. The van der Waals surface area contributed by atoms with Crippen molar-refractivity contribution < 1.29 is 22.6 Å². The molecule has 4 aromatic rings. The Morgan fingerprint density at radius 2 is 2.17 bits per heavy atom. The minimum absolute atomic E-state index is 0.00914. The number of nitriles is 1. The highest BCUT2D eigenvalue weighted by molar-refractivity contribution is 7.23. The van der Waals surface area contributed by atoms with E-state index in [4.69, 9.17) is 26.8 Å². The van der Waals surface area contributed by atoms with Crippen LogP contribution < -0.4 is 15.8 Å². The molecule has 0 spiro atoms. The maximum Gasteiger partial charge on any atom is 0.319 e. The van der Waals surface area contributed by atoms with Crippen LogP contribution in [0.5, 0.6) is 6.01 Å². The Kier molecular flexibility index (Phi) is 9.03. The van der Waals surface area contributed by atoms with E-state index in [1.807, 2.05) is 17.9 Å². The number of aromatic nitrogens is 2. The Morgan fingerprint density at radius 1 is 1.36 bits per heavy atom. The van der Waals surface area contributed by atoms with Crippen LogP contribution in [0, 0.1) is 23.0 Å². The Labute approximate surface area is 249 Å². The third-order valence-corrected chi connectivity index (χ3v) is 8.44. The van der Waals surface area contributed by atoms with Crippen LogP contribution in [0.25, 0.3) is 32.1 Å². The molecular weight excluding hydrogens is 589 g/mol. The molecule has 2 aromatic heterocycles. The molecule has 1 aliphatic rings. The monoisotopic (exact) mass is 616 g/mol. The summed E-state index contributed by atoms with van der Waals surface area (Å²) in [5.74, 6) is -1.21. The van der Waals surface area contributed by atoms with Gasteiger partial charge in [-0.05, 0) is 44.0 Å². The van der Waals surface area contributed by atoms with E-state index in [0.717, 1.165) is 30.7 Å². The number of halogens is 4. The molecule has 8 nitrogen and oxygen atoms in total. The molecule has 0 amide bonds. The highest BCUT2D eigenvalue weighted by Crippen LogP contribution is 2.45. The quantitative estimate of drug-likeness (QED) is 0.192. The Balaban J connectivity index is 1.64. The van der Waals surface area contributed by atoms with E-state index in [1.165, 1.54) is 18.2 Å². The van der Waals surface area contributed by atoms with Gasteiger partial charge in [-0.3, -0.25) is 4.90 Å². The first-order chi connectivity index (χ1) is 20.3. The summed E-state index contributed by atoms with van der Waals surface area (Å²) in [4.78, 5) is 10.9. The number of rotatable bonds is 11. The van der Waals surface area contributed by atoms with Crippen LogP contribution in [0.3, 0.4) is 0 Å². The number of anilines is 2. The maximum absolute atomic E-state index is 16.5. The number of hydrogen-bond donors (Lipinski definition) is 2. The van der Waals surface area contributed by atoms with Crippen molar-refractivity contribution in [3.63, 3.8) is 0 Å². The van der Waals surface area contributed by atoms with Crippen LogP contribution in [-0.2, 0) is 4.74 Å². The fraction of sp³-hybridized carbons (Fsp3) is 0.345. The molecule has 3 heterocycles. The molecule has 1 atom stereocenters. The SMILES string of the molecule is C=C(COCC)Nc1nc(OC[C@@H]2CCCN2CCF)nc2c(F)c(-c3ccc(F)c4sc(N)c(C#N)c34)c(Cl)cc12. The molecule has 0 unspecified atom stereocenters. The first-order valence-corrected chi connectivity index (χ1v) is 14.5. The van der Waals surface area contributed by atoms with Crippen molar-refractivity contribution in [1.82, 2.24) is 14.9 Å². The van der Waals surface area contributed by atoms with Crippen LogP contribution in [0.1, 0.15) is 25.3 Å². The Bertz CT molecular complexity index is 1710. The standard InChI is InChI=1S/C29H28ClF3N6O2S/c1-3-40-13-15(2)36-28-18-11-20(30)23(17-6-7-21(32)26-22(17)19(12-34)27(35)42-26)24(33)25(18)37-29(38-28)41-14-16-5-4-9-39(16)10-8-31/h6-7,11,16H,2-5,8-10,13-14,35H2,1H3,(H,36,37,38)/t16-/m0/s1. The fourth-order valence-corrected chi connectivity index (χ4v) is 6.42. The molecule has 13 heteroatoms. The number of nitrogen functional groups attached to an aromatic ring is 1. The van der Waals surface area contributed by atoms with Gasteiger partial charge < -0.3 is 20.5 Å². The van der Waals surface area contributed by atoms with E-state index < -0.39 is 18.3 Å². The van der Waals surface area contributed by atoms with Crippen molar-refractivity contribution >= 4 is 54.7 Å². The number of thiophene rings is 1. The Morgan fingerprint density at radius 3 is 2.90 bits per heavy atom. The van der Waals surface area contributed by atoms with Crippen molar-refractivity contribution in [2.45, 2.75) is 25.8 Å². The summed E-state index contributed by atoms with van der Waals surface area (Å²) in [6.45, 7) is 7.23. The lowest BCUT2D eigenvalue weighted by Gasteiger charge is -2.23. The number of likely N-dealkylation sites (tertiary alicyclic amines) is 1. The molecule has 1 saturated heterocycles. The number of benzene rings is 2. The fourth-order valence-electron chi connectivity index (χ4n) is 5.18. The summed E-state index contributed by atoms with van der Waals surface area (Å²) < 4.78 is 55.7. The number of nitrogens with zero attached hydrogens (tertiary/aromatic N) is 4. The highest BCUT2D eigenvalue weighted by Gasteiger charge is 2.27. The zero-order chi connectivity index (χ0) is 30.0. The van der Waals surface area contributed by atoms with Crippen LogP contribution in [0.2, 0.25) is 5.02 Å². The van der Waals surface area contributed by atoms with Gasteiger partial charge >= 0.3 is 6.01 Å². The second-order valence-electron chi connectivity index (χ2n) is 9.75. The number of fused-ring (bicyclic) bond motifs is 2. The predicted molar refractivity (Wildman–Crippen MR) is 160 cm³/mol. The average Bonchev–Trinajstić information content (AvgIpc) is 3.56. The second-order valence-corrected chi connectivity index (χ2v) is 11.2. The zero-order valence-corrected chi connectivity index (χ0v) is 24.3. The molecule has 3 N–H and O–H groups in total. The van der Waals surface area contributed by atoms with E-state index in [0.29, 0.717) is 18.8 Å². The first-order valence-electron chi connectivity index (χ1n) is 13.3. The maximum atomic E-state index is 16.5. The van der Waals surface area contributed by atoms with Crippen LogP contribution >= 0.6 is 22.9 Å². The molecule has 1 aliphatic heterocycles. The van der Waals surface area contributed by atoms with Gasteiger partial charge in [-0.1, -0.05) is 24.2 Å². The molecule has 5 rings (SSSR count). The van der Waals surface area contributed by atoms with Gasteiger partial charge in [0.25, 0.3) is 0 Å². The minimum atomic E-state index is -0.815. The summed E-state index contributed by atoms with van der Waals surface area (Å²) in [5, 5.41) is 13.3. The van der Waals surface area contributed by atoms with Gasteiger partial charge in [0.1, 0.15) is 41.5 Å². The van der Waals surface area contributed by atoms with Gasteiger partial charge in [-0.2, -0.15) is 15.2 Å². The molecule has 0 bridgehead atoms. The normalized spacial score (nSPS) is 15.4. The molecule has 2 aromatic carbocycles. The summed E-state index contributed by atoms with van der Waals surface area (Å²) >= 11 is 7.57. The topological polar surface area (TPSA) is 109 Å². The number of ether oxygens (including phenoxy) is 2. The third kappa shape index (κ3) is 5.70. The summed E-state index contributed by atoms with van der Waals surface area (Å²) in [7, 11) is 0. The van der Waals surface area contributed by atoms with Gasteiger partial charge in [0.2, 0.25) is 0 Å². The van der Waals surface area contributed by atoms with E-state index >= 15 is 4.39 Å². The number of alkyl halides is 1. The van der Waals surface area contributed by atoms with Crippen LogP contribution in [0.4, 0.5) is 24.0 Å². The highest BCUT2D eigenvalue weighted by atomic mass is 35.5. The van der Waals surface area contributed by atoms with Crippen LogP contribution in [-0.4, -0.2) is 60.5 Å². The Hall–Kier alpha value is -3.63. The largest absolute Gasteiger partial charge is 0.462 e. The zero-order valence-electron chi connectivity index (χ0n) is 22.8. The van der Waals surface area contributed by atoms with Gasteiger partial charge in [0, 0.05) is 41.2 Å². The number of nitrogens with two attached hydrogens (primary N) is 1. The number of hydrogen-bond acceptors (Lipinski definition) is 9. The molecule has 1 fully saturated rings. The van der Waals surface area contributed by atoms with Crippen molar-refractivity contribution in [2.24, 2.45) is 0 Å². The molecular formula is C29H28ClF3N6O2S. The van der Waals surface area contributed by atoms with Crippen molar-refractivity contribution in [3.05, 3.63) is 52.7 Å². The van der Waals surface area contributed by atoms with Gasteiger partial charge in [0.05, 0.1) is 21.9 Å². The predicted octanol–water partition coefficient (Wildman–Crippen LogP) is 6.67. The van der Waals surface area contributed by atoms with Crippen molar-refractivity contribution in [3.8, 4) is 23.2 Å². The lowest BCUT2D eigenvalue weighted by molar-refractivity contribution is 0.157. The molecule has 0 aliphatic carbocycles. The lowest BCUT2D eigenvalue weighted by Crippen LogP contribution is -2.35. The van der Waals surface area contributed by atoms with E-state index in [2.05, 4.69) is 21.9 Å². The lowest BCUT2D eigenvalue weighted by atomic mass is 9.97. The summed E-state index contributed by atoms with van der Waals surface area (Å²) in [6, 6.07) is 5.89. The van der Waals surface area contributed by atoms with E-state index in [-0.39, 0.29) is 78.8 Å². The smallest absolute Gasteiger partial charge is 0.319 e. The average molecular weight is 617 g/mol. The minimum Gasteiger partial charge on any atom is -0.462 e. The summed E-state index contributed by atoms with van der Waals surface area (Å²) in [5.41, 5.74) is 6.51. The molecule has 0 radical (unpaired) electrons. The number of nitrogens with one attached hydrogen (secondary N) is 1. The molecule has 0 saturated carbocycles. The van der Waals surface area contributed by atoms with Crippen LogP contribution in [0.15, 0.2) is 30.5 Å². The van der Waals surface area contributed by atoms with Gasteiger partial charge in [0.15, 0.2) is 5.82 Å². The van der Waals surface area contributed by atoms with Gasteiger partial charge in [-0.25, -0.2) is 13.2 Å². The van der Waals surface area contributed by atoms with E-state index in [1.54, 1.807) is 0 Å². The second kappa shape index (κ2) is 12.7. The van der Waals surface area contributed by atoms with Crippen molar-refractivity contribution in [2.75, 3.05) is 50.6 Å². The first kappa shape index (κ1) is 29.8. The molecule has 42 heavy (non-hydrogen) atoms. The molecule has 220 valence electrons. The van der Waals surface area contributed by atoms with E-state index in [9.17, 15) is 14.0 Å². The van der Waals surface area contributed by atoms with Gasteiger partial charge in [-0.15, -0.1) is 11.3 Å². The van der Waals surface area contributed by atoms with Crippen molar-refractivity contribution in [1.29, 1.82) is 5.26 Å².